The van der Waals surface area contributed by atoms with Gasteiger partial charge in [-0.1, -0.05) is 12.1 Å². The van der Waals surface area contributed by atoms with Crippen LogP contribution >= 0.6 is 0 Å². The quantitative estimate of drug-likeness (QED) is 0.828. The van der Waals surface area contributed by atoms with E-state index in [9.17, 15) is 4.79 Å². The van der Waals surface area contributed by atoms with Crippen molar-refractivity contribution in [2.24, 2.45) is 0 Å². The first-order chi connectivity index (χ1) is 13.2. The minimum Gasteiger partial charge on any atom is -0.497 e. The Bertz CT molecular complexity index is 837. The molecule has 0 aromatic heterocycles. The maximum atomic E-state index is 13.2. The van der Waals surface area contributed by atoms with E-state index in [1.807, 2.05) is 47.4 Å². The number of rotatable bonds is 4. The molecule has 2 aliphatic heterocycles. The van der Waals surface area contributed by atoms with Gasteiger partial charge in [-0.15, -0.1) is 0 Å². The number of benzene rings is 2. The van der Waals surface area contributed by atoms with Crippen LogP contribution in [0.15, 0.2) is 42.5 Å². The smallest absolute Gasteiger partial charge is 0.267 e. The number of amides is 1. The van der Waals surface area contributed by atoms with Gasteiger partial charge >= 0.3 is 0 Å². The largest absolute Gasteiger partial charge is 0.497 e. The highest BCUT2D eigenvalue weighted by Gasteiger charge is 2.38. The summed E-state index contributed by atoms with van der Waals surface area (Å²) in [6.07, 6.45) is 1.19. The average Bonchev–Trinajstić information content (AvgIpc) is 3.21. The van der Waals surface area contributed by atoms with Crippen LogP contribution in [0.2, 0.25) is 0 Å². The Morgan fingerprint density at radius 1 is 1.11 bits per heavy atom. The third-order valence-corrected chi connectivity index (χ3v) is 5.12. The van der Waals surface area contributed by atoms with Crippen LogP contribution in [0.3, 0.4) is 0 Å². The molecule has 1 saturated heterocycles. The van der Waals surface area contributed by atoms with E-state index in [0.717, 1.165) is 29.9 Å². The first-order valence-corrected chi connectivity index (χ1v) is 9.12. The first kappa shape index (κ1) is 17.5. The summed E-state index contributed by atoms with van der Waals surface area (Å²) in [5.41, 5.74) is 0.987. The molecule has 0 bridgehead atoms. The summed E-state index contributed by atoms with van der Waals surface area (Å²) in [4.78, 5) is 15.1. The number of para-hydroxylation sites is 2. The van der Waals surface area contributed by atoms with Crippen molar-refractivity contribution in [1.29, 1.82) is 0 Å². The number of hydrogen-bond donors (Lipinski definition) is 0. The minimum atomic E-state index is -0.634. The molecule has 2 aromatic rings. The Morgan fingerprint density at radius 3 is 2.70 bits per heavy atom. The molecule has 6 heteroatoms. The van der Waals surface area contributed by atoms with Gasteiger partial charge < -0.3 is 23.8 Å². The normalized spacial score (nSPS) is 21.0. The molecule has 142 valence electrons. The van der Waals surface area contributed by atoms with Crippen LogP contribution in [0.25, 0.3) is 0 Å². The van der Waals surface area contributed by atoms with E-state index in [2.05, 4.69) is 0 Å². The zero-order valence-electron chi connectivity index (χ0n) is 15.5. The van der Waals surface area contributed by atoms with Crippen LogP contribution in [0.4, 0.5) is 0 Å². The number of carbonyl (C=O) groups is 1. The number of fused-ring (bicyclic) bond motifs is 1. The summed E-state index contributed by atoms with van der Waals surface area (Å²) in [5, 5.41) is 0. The van der Waals surface area contributed by atoms with Gasteiger partial charge in [-0.05, 0) is 37.1 Å². The lowest BCUT2D eigenvalue weighted by atomic mass is 10.0. The molecule has 0 spiro atoms. The number of nitrogens with zero attached hydrogens (tertiary/aromatic N) is 1. The lowest BCUT2D eigenvalue weighted by molar-refractivity contribution is -0.142. The number of carbonyl (C=O) groups excluding carboxylic acids is 1. The zero-order chi connectivity index (χ0) is 18.8. The van der Waals surface area contributed by atoms with Crippen LogP contribution < -0.4 is 18.9 Å². The predicted molar refractivity (Wildman–Crippen MR) is 99.6 cm³/mol. The van der Waals surface area contributed by atoms with E-state index >= 15 is 0 Å². The summed E-state index contributed by atoms with van der Waals surface area (Å²) >= 11 is 0. The van der Waals surface area contributed by atoms with Gasteiger partial charge in [0.2, 0.25) is 6.10 Å². The fourth-order valence-corrected chi connectivity index (χ4v) is 3.77. The molecule has 0 saturated carbocycles. The van der Waals surface area contributed by atoms with E-state index < -0.39 is 6.10 Å². The third-order valence-electron chi connectivity index (χ3n) is 5.12. The molecule has 4 rings (SSSR count). The highest BCUT2D eigenvalue weighted by atomic mass is 16.6. The molecule has 2 atom stereocenters. The molecule has 27 heavy (non-hydrogen) atoms. The van der Waals surface area contributed by atoms with Crippen molar-refractivity contribution in [2.45, 2.75) is 25.0 Å². The Balaban J connectivity index is 1.56. The second-order valence-electron chi connectivity index (χ2n) is 6.66. The van der Waals surface area contributed by atoms with Crippen LogP contribution in [0.5, 0.6) is 23.0 Å². The fraction of sp³-hybridized carbons (Fsp3) is 0.381. The number of hydrogen-bond acceptors (Lipinski definition) is 5. The lowest BCUT2D eigenvalue weighted by Crippen LogP contribution is -2.46. The van der Waals surface area contributed by atoms with Gasteiger partial charge in [0, 0.05) is 18.2 Å². The van der Waals surface area contributed by atoms with Crippen molar-refractivity contribution < 1.29 is 23.7 Å². The SMILES string of the molecule is COc1ccc([C@H]2CCCN2C(=O)[C@@H]2COc3ccccc3O2)c(OC)c1. The summed E-state index contributed by atoms with van der Waals surface area (Å²) in [6.45, 7) is 0.916. The summed E-state index contributed by atoms with van der Waals surface area (Å²) in [5.74, 6) is 2.69. The second kappa shape index (κ2) is 7.39. The number of ether oxygens (including phenoxy) is 4. The van der Waals surface area contributed by atoms with Gasteiger partial charge in [0.1, 0.15) is 18.1 Å². The molecular weight excluding hydrogens is 346 g/mol. The van der Waals surface area contributed by atoms with Gasteiger partial charge in [0.15, 0.2) is 11.5 Å². The maximum absolute atomic E-state index is 13.2. The number of likely N-dealkylation sites (tertiary alicyclic amines) is 1. The van der Waals surface area contributed by atoms with Gasteiger partial charge in [-0.3, -0.25) is 4.79 Å². The van der Waals surface area contributed by atoms with Gasteiger partial charge in [-0.2, -0.15) is 0 Å². The Morgan fingerprint density at radius 2 is 1.93 bits per heavy atom. The van der Waals surface area contributed by atoms with E-state index in [1.165, 1.54) is 0 Å². The van der Waals surface area contributed by atoms with E-state index in [4.69, 9.17) is 18.9 Å². The average molecular weight is 369 g/mol. The van der Waals surface area contributed by atoms with Gasteiger partial charge in [0.05, 0.1) is 20.3 Å². The minimum absolute atomic E-state index is 0.0425. The zero-order valence-corrected chi connectivity index (χ0v) is 15.5. The van der Waals surface area contributed by atoms with Crippen molar-refractivity contribution in [3.63, 3.8) is 0 Å². The highest BCUT2D eigenvalue weighted by molar-refractivity contribution is 5.82. The lowest BCUT2D eigenvalue weighted by Gasteiger charge is -2.32. The summed E-state index contributed by atoms with van der Waals surface area (Å²) in [7, 11) is 3.26. The standard InChI is InChI=1S/C21H23NO5/c1-24-14-9-10-15(19(12-14)25-2)16-6-5-11-22(16)21(23)20-13-26-17-7-3-4-8-18(17)27-20/h3-4,7-10,12,16,20H,5-6,11,13H2,1-2H3/t16-,20+/m1/s1. The molecule has 0 N–H and O–H groups in total. The molecular formula is C21H23NO5. The first-order valence-electron chi connectivity index (χ1n) is 9.12. The molecule has 2 heterocycles. The Kier molecular flexibility index (Phi) is 4.79. The van der Waals surface area contributed by atoms with Gasteiger partial charge in [0.25, 0.3) is 5.91 Å². The third kappa shape index (κ3) is 3.27. The summed E-state index contributed by atoms with van der Waals surface area (Å²) < 4.78 is 22.5. The highest BCUT2D eigenvalue weighted by Crippen LogP contribution is 2.40. The molecule has 0 unspecified atom stereocenters. The molecule has 6 nitrogen and oxygen atoms in total. The Labute approximate surface area is 158 Å². The van der Waals surface area contributed by atoms with Crippen molar-refractivity contribution in [3.8, 4) is 23.0 Å². The van der Waals surface area contributed by atoms with Crippen LogP contribution in [-0.2, 0) is 4.79 Å². The van der Waals surface area contributed by atoms with E-state index in [-0.39, 0.29) is 18.6 Å². The van der Waals surface area contributed by atoms with Crippen molar-refractivity contribution in [2.75, 3.05) is 27.4 Å². The van der Waals surface area contributed by atoms with Crippen molar-refractivity contribution >= 4 is 5.91 Å². The topological polar surface area (TPSA) is 57.2 Å². The molecule has 0 aliphatic carbocycles. The summed E-state index contributed by atoms with van der Waals surface area (Å²) in [6, 6.07) is 13.1. The molecule has 2 aliphatic rings. The maximum Gasteiger partial charge on any atom is 0.267 e. The van der Waals surface area contributed by atoms with Crippen LogP contribution in [-0.4, -0.2) is 44.3 Å². The van der Waals surface area contributed by atoms with Gasteiger partial charge in [-0.25, -0.2) is 0 Å². The van der Waals surface area contributed by atoms with Crippen LogP contribution in [0, 0.1) is 0 Å². The fourth-order valence-electron chi connectivity index (χ4n) is 3.77. The molecule has 1 amide bonds. The van der Waals surface area contributed by atoms with Crippen LogP contribution in [0.1, 0.15) is 24.4 Å². The number of methoxy groups -OCH3 is 2. The molecule has 1 fully saturated rings. The second-order valence-corrected chi connectivity index (χ2v) is 6.66. The van der Waals surface area contributed by atoms with E-state index in [0.29, 0.717) is 18.0 Å². The van der Waals surface area contributed by atoms with Crippen molar-refractivity contribution in [1.82, 2.24) is 4.90 Å². The predicted octanol–water partition coefficient (Wildman–Crippen LogP) is 3.21. The monoisotopic (exact) mass is 369 g/mol. The molecule has 2 aromatic carbocycles. The van der Waals surface area contributed by atoms with Crippen molar-refractivity contribution in [3.05, 3.63) is 48.0 Å². The van der Waals surface area contributed by atoms with E-state index in [1.54, 1.807) is 14.2 Å². The molecule has 0 radical (unpaired) electrons. The Hall–Kier alpha value is -2.89.